The largest absolute Gasteiger partial charge is 0.493 e. The summed E-state index contributed by atoms with van der Waals surface area (Å²) in [7, 11) is 0. The van der Waals surface area contributed by atoms with Gasteiger partial charge in [-0.25, -0.2) is 0 Å². The van der Waals surface area contributed by atoms with Crippen molar-refractivity contribution in [2.75, 3.05) is 6.61 Å². The van der Waals surface area contributed by atoms with E-state index in [1.807, 2.05) is 49.4 Å². The lowest BCUT2D eigenvalue weighted by Crippen LogP contribution is -2.42. The lowest BCUT2D eigenvalue weighted by atomic mass is 10.0. The molecule has 5 heteroatoms. The molecule has 0 heterocycles. The number of hydrazine groups is 1. The van der Waals surface area contributed by atoms with Crippen LogP contribution >= 0.6 is 0 Å². The SMILES string of the molecule is CCOc1ccccc1C(=O)NNC(=O)Cc1cccc2ccccc12. The van der Waals surface area contributed by atoms with Crippen LogP contribution in [0.4, 0.5) is 0 Å². The maximum absolute atomic E-state index is 12.3. The summed E-state index contributed by atoms with van der Waals surface area (Å²) in [6.45, 7) is 2.30. The minimum atomic E-state index is -0.416. The summed E-state index contributed by atoms with van der Waals surface area (Å²) in [5.41, 5.74) is 6.20. The van der Waals surface area contributed by atoms with E-state index >= 15 is 0 Å². The zero-order valence-corrected chi connectivity index (χ0v) is 14.5. The number of amides is 2. The fourth-order valence-electron chi connectivity index (χ4n) is 2.79. The van der Waals surface area contributed by atoms with Crippen molar-refractivity contribution in [3.8, 4) is 5.75 Å². The molecular formula is C21H20N2O3. The molecule has 0 atom stereocenters. The van der Waals surface area contributed by atoms with E-state index in [1.54, 1.807) is 24.3 Å². The fourth-order valence-corrected chi connectivity index (χ4v) is 2.79. The predicted octanol–water partition coefficient (Wildman–Crippen LogP) is 3.24. The van der Waals surface area contributed by atoms with Gasteiger partial charge in [0.25, 0.3) is 5.91 Å². The van der Waals surface area contributed by atoms with E-state index in [4.69, 9.17) is 4.74 Å². The first kappa shape index (κ1) is 17.5. The van der Waals surface area contributed by atoms with Gasteiger partial charge in [-0.15, -0.1) is 0 Å². The zero-order valence-electron chi connectivity index (χ0n) is 14.5. The Hall–Kier alpha value is -3.34. The third-order valence-corrected chi connectivity index (χ3v) is 3.98. The van der Waals surface area contributed by atoms with Crippen LogP contribution in [0.5, 0.6) is 5.75 Å². The molecule has 26 heavy (non-hydrogen) atoms. The van der Waals surface area contributed by atoms with E-state index in [-0.39, 0.29) is 12.3 Å². The monoisotopic (exact) mass is 348 g/mol. The summed E-state index contributed by atoms with van der Waals surface area (Å²) in [5, 5.41) is 2.10. The smallest absolute Gasteiger partial charge is 0.273 e. The Kier molecular flexibility index (Phi) is 5.49. The van der Waals surface area contributed by atoms with Crippen LogP contribution < -0.4 is 15.6 Å². The highest BCUT2D eigenvalue weighted by Crippen LogP contribution is 2.19. The number of carbonyl (C=O) groups excluding carboxylic acids is 2. The molecule has 0 bridgehead atoms. The summed E-state index contributed by atoms with van der Waals surface area (Å²) in [4.78, 5) is 24.5. The van der Waals surface area contributed by atoms with Gasteiger partial charge in [-0.2, -0.15) is 0 Å². The van der Waals surface area contributed by atoms with Crippen LogP contribution in [0, 0.1) is 0 Å². The lowest BCUT2D eigenvalue weighted by molar-refractivity contribution is -0.121. The Morgan fingerprint density at radius 1 is 0.885 bits per heavy atom. The average Bonchev–Trinajstić information content (AvgIpc) is 2.67. The van der Waals surface area contributed by atoms with Crippen molar-refractivity contribution in [2.45, 2.75) is 13.3 Å². The van der Waals surface area contributed by atoms with Gasteiger partial charge >= 0.3 is 0 Å². The Balaban J connectivity index is 1.65. The van der Waals surface area contributed by atoms with Crippen LogP contribution in [0.3, 0.4) is 0 Å². The summed E-state index contributed by atoms with van der Waals surface area (Å²) in [5.74, 6) is -0.222. The molecule has 3 aromatic rings. The van der Waals surface area contributed by atoms with E-state index in [1.165, 1.54) is 0 Å². The van der Waals surface area contributed by atoms with Crippen LogP contribution in [0.1, 0.15) is 22.8 Å². The van der Waals surface area contributed by atoms with Gasteiger partial charge in [0.1, 0.15) is 5.75 Å². The zero-order chi connectivity index (χ0) is 18.4. The molecule has 0 aliphatic rings. The Bertz CT molecular complexity index is 932. The summed E-state index contributed by atoms with van der Waals surface area (Å²) >= 11 is 0. The number of rotatable bonds is 5. The molecular weight excluding hydrogens is 328 g/mol. The molecule has 0 saturated heterocycles. The third kappa shape index (κ3) is 4.00. The number of para-hydroxylation sites is 1. The van der Waals surface area contributed by atoms with Gasteiger partial charge in [-0.3, -0.25) is 20.4 Å². The van der Waals surface area contributed by atoms with Gasteiger partial charge < -0.3 is 4.74 Å². The molecule has 0 spiro atoms. The standard InChI is InChI=1S/C21H20N2O3/c1-2-26-19-13-6-5-12-18(19)21(25)23-22-20(24)14-16-10-7-9-15-8-3-4-11-17(15)16/h3-13H,2,14H2,1H3,(H,22,24)(H,23,25). The van der Waals surface area contributed by atoms with Gasteiger partial charge in [-0.1, -0.05) is 54.6 Å². The van der Waals surface area contributed by atoms with Gasteiger partial charge in [0.05, 0.1) is 18.6 Å². The van der Waals surface area contributed by atoms with Crippen molar-refractivity contribution in [2.24, 2.45) is 0 Å². The van der Waals surface area contributed by atoms with Crippen LogP contribution in [0.2, 0.25) is 0 Å². The maximum Gasteiger partial charge on any atom is 0.273 e. The molecule has 0 aliphatic heterocycles. The highest BCUT2D eigenvalue weighted by atomic mass is 16.5. The third-order valence-electron chi connectivity index (χ3n) is 3.98. The van der Waals surface area contributed by atoms with Crippen molar-refractivity contribution < 1.29 is 14.3 Å². The molecule has 0 saturated carbocycles. The highest BCUT2D eigenvalue weighted by Gasteiger charge is 2.13. The second-order valence-electron chi connectivity index (χ2n) is 5.75. The second-order valence-corrected chi connectivity index (χ2v) is 5.75. The van der Waals surface area contributed by atoms with E-state index in [0.29, 0.717) is 17.9 Å². The Morgan fingerprint density at radius 3 is 2.46 bits per heavy atom. The number of nitrogens with one attached hydrogen (secondary N) is 2. The first-order valence-electron chi connectivity index (χ1n) is 8.46. The van der Waals surface area contributed by atoms with E-state index in [0.717, 1.165) is 16.3 Å². The molecule has 0 radical (unpaired) electrons. The quantitative estimate of drug-likeness (QED) is 0.696. The number of fused-ring (bicyclic) bond motifs is 1. The van der Waals surface area contributed by atoms with Crippen molar-refractivity contribution in [1.82, 2.24) is 10.9 Å². The highest BCUT2D eigenvalue weighted by molar-refractivity contribution is 5.98. The molecule has 2 N–H and O–H groups in total. The maximum atomic E-state index is 12.3. The van der Waals surface area contributed by atoms with Crippen LogP contribution in [0.25, 0.3) is 10.8 Å². The average molecular weight is 348 g/mol. The summed E-state index contributed by atoms with van der Waals surface area (Å²) in [6.07, 6.45) is 0.175. The first-order valence-corrected chi connectivity index (χ1v) is 8.46. The van der Waals surface area contributed by atoms with E-state index in [9.17, 15) is 9.59 Å². The number of hydrogen-bond donors (Lipinski definition) is 2. The number of hydrogen-bond acceptors (Lipinski definition) is 3. The van der Waals surface area contributed by atoms with Crippen LogP contribution in [-0.4, -0.2) is 18.4 Å². The Labute approximate surface area is 152 Å². The minimum absolute atomic E-state index is 0.175. The number of benzene rings is 3. The molecule has 5 nitrogen and oxygen atoms in total. The fraction of sp³-hybridized carbons (Fsp3) is 0.143. The molecule has 0 aromatic heterocycles. The van der Waals surface area contributed by atoms with Gasteiger partial charge in [0, 0.05) is 0 Å². The van der Waals surface area contributed by atoms with Crippen LogP contribution in [0.15, 0.2) is 66.7 Å². The predicted molar refractivity (Wildman–Crippen MR) is 101 cm³/mol. The van der Waals surface area contributed by atoms with E-state index < -0.39 is 5.91 Å². The second kappa shape index (κ2) is 8.16. The Morgan fingerprint density at radius 2 is 1.62 bits per heavy atom. The van der Waals surface area contributed by atoms with Gasteiger partial charge in [-0.05, 0) is 35.4 Å². The summed E-state index contributed by atoms with van der Waals surface area (Å²) < 4.78 is 5.44. The van der Waals surface area contributed by atoms with Gasteiger partial charge in [0.2, 0.25) is 5.91 Å². The number of carbonyl (C=O) groups is 2. The molecule has 0 fully saturated rings. The molecule has 0 aliphatic carbocycles. The molecule has 3 aromatic carbocycles. The molecule has 132 valence electrons. The van der Waals surface area contributed by atoms with Crippen molar-refractivity contribution in [3.05, 3.63) is 77.9 Å². The van der Waals surface area contributed by atoms with Crippen LogP contribution in [-0.2, 0) is 11.2 Å². The minimum Gasteiger partial charge on any atom is -0.493 e. The lowest BCUT2D eigenvalue weighted by Gasteiger charge is -2.12. The van der Waals surface area contributed by atoms with Crippen molar-refractivity contribution in [1.29, 1.82) is 0 Å². The normalized spacial score (nSPS) is 10.3. The first-order chi connectivity index (χ1) is 12.7. The topological polar surface area (TPSA) is 67.4 Å². The van der Waals surface area contributed by atoms with Crippen molar-refractivity contribution >= 4 is 22.6 Å². The van der Waals surface area contributed by atoms with Crippen molar-refractivity contribution in [3.63, 3.8) is 0 Å². The summed E-state index contributed by atoms with van der Waals surface area (Å²) in [6, 6.07) is 20.6. The van der Waals surface area contributed by atoms with Gasteiger partial charge in [0.15, 0.2) is 0 Å². The van der Waals surface area contributed by atoms with E-state index in [2.05, 4.69) is 10.9 Å². The molecule has 3 rings (SSSR count). The molecule has 2 amide bonds. The molecule has 0 unspecified atom stereocenters. The number of ether oxygens (including phenoxy) is 1.